The topological polar surface area (TPSA) is 24.9 Å². The minimum absolute atomic E-state index is 0.397. The van der Waals surface area contributed by atoms with Crippen molar-refractivity contribution in [3.05, 3.63) is 29.6 Å². The molecule has 0 amide bonds. The lowest BCUT2D eigenvalue weighted by Crippen LogP contribution is -2.23. The van der Waals surface area contributed by atoms with E-state index in [1.807, 2.05) is 6.20 Å². The minimum Gasteiger partial charge on any atom is -0.310 e. The van der Waals surface area contributed by atoms with Gasteiger partial charge in [-0.2, -0.15) is 0 Å². The van der Waals surface area contributed by atoms with Crippen LogP contribution < -0.4 is 5.32 Å². The fourth-order valence-corrected chi connectivity index (χ4v) is 2.07. The fraction of sp³-hybridized carbons (Fsp3) is 0.688. The van der Waals surface area contributed by atoms with E-state index < -0.39 is 0 Å². The third kappa shape index (κ3) is 5.63. The van der Waals surface area contributed by atoms with E-state index in [1.54, 1.807) is 0 Å². The van der Waals surface area contributed by atoms with Gasteiger partial charge in [-0.3, -0.25) is 4.98 Å². The summed E-state index contributed by atoms with van der Waals surface area (Å²) in [5, 5.41) is 3.66. The highest BCUT2D eigenvalue weighted by molar-refractivity contribution is 5.19. The molecule has 2 heteroatoms. The van der Waals surface area contributed by atoms with Gasteiger partial charge < -0.3 is 5.32 Å². The molecular formula is C16H28N2. The molecule has 1 unspecified atom stereocenters. The Morgan fingerprint density at radius 3 is 2.61 bits per heavy atom. The molecule has 0 radical (unpaired) electrons. The Balaban J connectivity index is 2.71. The molecule has 1 aromatic heterocycles. The highest BCUT2D eigenvalue weighted by Gasteiger charge is 2.16. The lowest BCUT2D eigenvalue weighted by molar-refractivity contribution is 0.332. The van der Waals surface area contributed by atoms with Crippen LogP contribution >= 0.6 is 0 Å². The molecule has 18 heavy (non-hydrogen) atoms. The molecule has 2 nitrogen and oxygen atoms in total. The molecule has 1 rings (SSSR count). The van der Waals surface area contributed by atoms with Gasteiger partial charge in [0.1, 0.15) is 0 Å². The molecule has 0 saturated heterocycles. The molecule has 1 aromatic rings. The van der Waals surface area contributed by atoms with Crippen molar-refractivity contribution in [2.24, 2.45) is 5.41 Å². The molecule has 1 heterocycles. The van der Waals surface area contributed by atoms with Crippen molar-refractivity contribution in [3.8, 4) is 0 Å². The minimum atomic E-state index is 0.397. The Morgan fingerprint density at radius 2 is 2.06 bits per heavy atom. The van der Waals surface area contributed by atoms with E-state index >= 15 is 0 Å². The van der Waals surface area contributed by atoms with Gasteiger partial charge >= 0.3 is 0 Å². The van der Waals surface area contributed by atoms with Crippen LogP contribution in [-0.2, 0) is 0 Å². The van der Waals surface area contributed by atoms with Crippen LogP contribution in [0.15, 0.2) is 18.3 Å². The highest BCUT2D eigenvalue weighted by atomic mass is 14.9. The van der Waals surface area contributed by atoms with Gasteiger partial charge in [0, 0.05) is 17.9 Å². The van der Waals surface area contributed by atoms with Gasteiger partial charge in [0.2, 0.25) is 0 Å². The second-order valence-electron chi connectivity index (χ2n) is 6.34. The number of aromatic nitrogens is 1. The first kappa shape index (κ1) is 15.2. The lowest BCUT2D eigenvalue weighted by Gasteiger charge is -2.24. The zero-order chi connectivity index (χ0) is 13.6. The molecule has 0 fully saturated rings. The molecule has 0 aromatic carbocycles. The molecule has 0 aliphatic rings. The quantitative estimate of drug-likeness (QED) is 0.813. The number of pyridine rings is 1. The smallest absolute Gasteiger partial charge is 0.0375 e. The van der Waals surface area contributed by atoms with Gasteiger partial charge in [-0.1, -0.05) is 27.7 Å². The average Bonchev–Trinajstić information content (AvgIpc) is 2.28. The molecule has 0 saturated carbocycles. The maximum absolute atomic E-state index is 4.28. The van der Waals surface area contributed by atoms with Crippen molar-refractivity contribution in [3.63, 3.8) is 0 Å². The van der Waals surface area contributed by atoms with Crippen LogP contribution in [0, 0.1) is 12.3 Å². The molecule has 102 valence electrons. The lowest BCUT2D eigenvalue weighted by atomic mass is 9.87. The first-order valence-corrected chi connectivity index (χ1v) is 7.08. The maximum Gasteiger partial charge on any atom is 0.0375 e. The van der Waals surface area contributed by atoms with Crippen molar-refractivity contribution >= 4 is 0 Å². The van der Waals surface area contributed by atoms with Gasteiger partial charge in [-0.15, -0.1) is 0 Å². The summed E-state index contributed by atoms with van der Waals surface area (Å²) in [4.78, 5) is 4.28. The predicted molar refractivity (Wildman–Crippen MR) is 78.7 cm³/mol. The van der Waals surface area contributed by atoms with Crippen LogP contribution in [0.1, 0.15) is 64.3 Å². The first-order chi connectivity index (χ1) is 8.42. The zero-order valence-electron chi connectivity index (χ0n) is 12.6. The molecule has 1 N–H and O–H groups in total. The third-order valence-electron chi connectivity index (χ3n) is 3.15. The van der Waals surface area contributed by atoms with Crippen molar-refractivity contribution in [1.82, 2.24) is 10.3 Å². The molecule has 0 aliphatic carbocycles. The molecular weight excluding hydrogens is 220 g/mol. The van der Waals surface area contributed by atoms with Gasteiger partial charge in [-0.25, -0.2) is 0 Å². The number of aryl methyl sites for hydroxylation is 1. The largest absolute Gasteiger partial charge is 0.310 e. The predicted octanol–water partition coefficient (Wildman–Crippen LogP) is 4.26. The zero-order valence-corrected chi connectivity index (χ0v) is 12.6. The Kier molecular flexibility index (Phi) is 5.80. The van der Waals surface area contributed by atoms with Crippen LogP contribution in [0.3, 0.4) is 0 Å². The van der Waals surface area contributed by atoms with E-state index in [9.17, 15) is 0 Å². The highest BCUT2D eigenvalue weighted by Crippen LogP contribution is 2.27. The summed E-state index contributed by atoms with van der Waals surface area (Å²) in [7, 11) is 0. The van der Waals surface area contributed by atoms with E-state index in [1.165, 1.54) is 24.8 Å². The summed E-state index contributed by atoms with van der Waals surface area (Å²) in [6.07, 6.45) is 5.52. The Labute approximate surface area is 112 Å². The summed E-state index contributed by atoms with van der Waals surface area (Å²) in [6.45, 7) is 12.3. The van der Waals surface area contributed by atoms with Gasteiger partial charge in [0.25, 0.3) is 0 Å². The van der Waals surface area contributed by atoms with Crippen LogP contribution in [0.2, 0.25) is 0 Å². The standard InChI is InChI=1S/C16H28N2/c1-6-10-18-15(7-9-16(3,4)5)14-8-11-17-13(2)12-14/h8,11-12,15,18H,6-7,9-10H2,1-5H3. The second kappa shape index (κ2) is 6.89. The summed E-state index contributed by atoms with van der Waals surface area (Å²) in [6, 6.07) is 4.81. The number of rotatable bonds is 6. The number of hydrogen-bond donors (Lipinski definition) is 1. The summed E-state index contributed by atoms with van der Waals surface area (Å²) < 4.78 is 0. The van der Waals surface area contributed by atoms with Crippen LogP contribution in [0.4, 0.5) is 0 Å². The molecule has 1 atom stereocenters. The van der Waals surface area contributed by atoms with E-state index in [0.29, 0.717) is 11.5 Å². The van der Waals surface area contributed by atoms with E-state index in [4.69, 9.17) is 0 Å². The Morgan fingerprint density at radius 1 is 1.33 bits per heavy atom. The molecule has 0 spiro atoms. The van der Waals surface area contributed by atoms with Crippen LogP contribution in [0.5, 0.6) is 0 Å². The molecule has 0 bridgehead atoms. The Bertz CT molecular complexity index is 352. The SMILES string of the molecule is CCCNC(CCC(C)(C)C)c1ccnc(C)c1. The van der Waals surface area contributed by atoms with E-state index in [2.05, 4.69) is 57.1 Å². The average molecular weight is 248 g/mol. The van der Waals surface area contributed by atoms with Crippen molar-refractivity contribution < 1.29 is 0 Å². The van der Waals surface area contributed by atoms with Crippen molar-refractivity contribution in [2.75, 3.05) is 6.54 Å². The summed E-state index contributed by atoms with van der Waals surface area (Å²) >= 11 is 0. The van der Waals surface area contributed by atoms with Gasteiger partial charge in [0.05, 0.1) is 0 Å². The van der Waals surface area contributed by atoms with Crippen LogP contribution in [-0.4, -0.2) is 11.5 Å². The Hall–Kier alpha value is -0.890. The fourth-order valence-electron chi connectivity index (χ4n) is 2.07. The normalized spacial score (nSPS) is 13.6. The second-order valence-corrected chi connectivity index (χ2v) is 6.34. The third-order valence-corrected chi connectivity index (χ3v) is 3.15. The summed E-state index contributed by atoms with van der Waals surface area (Å²) in [5.41, 5.74) is 2.88. The number of nitrogens with zero attached hydrogens (tertiary/aromatic N) is 1. The van der Waals surface area contributed by atoms with Gasteiger partial charge in [0.15, 0.2) is 0 Å². The van der Waals surface area contributed by atoms with Crippen LogP contribution in [0.25, 0.3) is 0 Å². The number of hydrogen-bond acceptors (Lipinski definition) is 2. The van der Waals surface area contributed by atoms with Crippen molar-refractivity contribution in [1.29, 1.82) is 0 Å². The first-order valence-electron chi connectivity index (χ1n) is 7.08. The summed E-state index contributed by atoms with van der Waals surface area (Å²) in [5.74, 6) is 0. The maximum atomic E-state index is 4.28. The van der Waals surface area contributed by atoms with E-state index in [0.717, 1.165) is 12.2 Å². The van der Waals surface area contributed by atoms with Gasteiger partial charge in [-0.05, 0) is 55.8 Å². The van der Waals surface area contributed by atoms with Crippen molar-refractivity contribution in [2.45, 2.75) is 59.9 Å². The number of nitrogens with one attached hydrogen (secondary N) is 1. The molecule has 0 aliphatic heterocycles. The monoisotopic (exact) mass is 248 g/mol. The van der Waals surface area contributed by atoms with E-state index in [-0.39, 0.29) is 0 Å².